The number of methoxy groups -OCH3 is 2. The number of rotatable bonds is 8. The highest BCUT2D eigenvalue weighted by Crippen LogP contribution is 2.36. The third-order valence-electron chi connectivity index (χ3n) is 3.95. The average Bonchev–Trinajstić information content (AvgIpc) is 2.99. The molecule has 26 heavy (non-hydrogen) atoms. The van der Waals surface area contributed by atoms with Crippen LogP contribution in [-0.4, -0.2) is 48.6 Å². The molecule has 7 nitrogen and oxygen atoms in total. The lowest BCUT2D eigenvalue weighted by Crippen LogP contribution is -2.07. The lowest BCUT2D eigenvalue weighted by atomic mass is 10.1. The van der Waals surface area contributed by atoms with Crippen LogP contribution in [0.2, 0.25) is 0 Å². The lowest BCUT2D eigenvalue weighted by Gasteiger charge is -2.10. The van der Waals surface area contributed by atoms with E-state index in [-0.39, 0.29) is 5.95 Å². The van der Waals surface area contributed by atoms with Crippen LogP contribution >= 0.6 is 15.9 Å². The Morgan fingerprint density at radius 1 is 1.15 bits per heavy atom. The van der Waals surface area contributed by atoms with Crippen molar-refractivity contribution >= 4 is 32.8 Å². The van der Waals surface area contributed by atoms with Gasteiger partial charge in [0.05, 0.1) is 19.4 Å². The van der Waals surface area contributed by atoms with Crippen LogP contribution < -0.4 is 10.5 Å². The average molecular weight is 421 g/mol. The predicted octanol–water partition coefficient (Wildman–Crippen LogP) is 3.11. The summed E-state index contributed by atoms with van der Waals surface area (Å²) in [5, 5.41) is 1.05. The number of ether oxygens (including phenoxy) is 3. The van der Waals surface area contributed by atoms with Crippen molar-refractivity contribution in [2.75, 3.05) is 39.8 Å². The molecule has 0 bridgehead atoms. The molecule has 0 aliphatic rings. The van der Waals surface area contributed by atoms with Gasteiger partial charge in [-0.3, -0.25) is 0 Å². The van der Waals surface area contributed by atoms with E-state index in [1.807, 2.05) is 12.3 Å². The zero-order valence-electron chi connectivity index (χ0n) is 14.7. The molecule has 3 aromatic rings. The summed E-state index contributed by atoms with van der Waals surface area (Å²) in [5.74, 6) is 0.772. The second-order valence-corrected chi connectivity index (χ2v) is 6.59. The van der Waals surface area contributed by atoms with Crippen molar-refractivity contribution in [1.82, 2.24) is 14.5 Å². The number of nitrogen functional groups attached to an aromatic ring is 1. The van der Waals surface area contributed by atoms with Gasteiger partial charge in [-0.15, -0.1) is 0 Å². The Morgan fingerprint density at radius 2 is 1.96 bits per heavy atom. The number of nitrogens with zero attached hydrogens (tertiary/aromatic N) is 3. The van der Waals surface area contributed by atoms with Crippen LogP contribution in [0, 0.1) is 0 Å². The zero-order valence-corrected chi connectivity index (χ0v) is 16.3. The monoisotopic (exact) mass is 420 g/mol. The molecule has 2 N–H and O–H groups in total. The smallest absolute Gasteiger partial charge is 0.220 e. The van der Waals surface area contributed by atoms with Gasteiger partial charge in [-0.25, -0.2) is 9.97 Å². The number of halogens is 1. The Morgan fingerprint density at radius 3 is 2.73 bits per heavy atom. The van der Waals surface area contributed by atoms with E-state index in [1.165, 1.54) is 0 Å². The molecule has 0 aliphatic heterocycles. The van der Waals surface area contributed by atoms with Crippen LogP contribution in [0.5, 0.6) is 5.75 Å². The first-order valence-corrected chi connectivity index (χ1v) is 8.95. The number of fused-ring (bicyclic) bond motifs is 1. The molecule has 0 aliphatic carbocycles. The minimum Gasteiger partial charge on any atom is -0.487 e. The SMILES string of the molecule is COCCOc1cnc(N)nc1-c1cn(CCOC)c2ccc(Br)cc12. The molecule has 1 aromatic carbocycles. The summed E-state index contributed by atoms with van der Waals surface area (Å²) in [7, 11) is 3.32. The first-order chi connectivity index (χ1) is 12.6. The van der Waals surface area contributed by atoms with Crippen molar-refractivity contribution in [2.24, 2.45) is 0 Å². The Balaban J connectivity index is 2.12. The van der Waals surface area contributed by atoms with E-state index < -0.39 is 0 Å². The molecule has 138 valence electrons. The third-order valence-corrected chi connectivity index (χ3v) is 4.45. The van der Waals surface area contributed by atoms with E-state index in [4.69, 9.17) is 19.9 Å². The van der Waals surface area contributed by atoms with Gasteiger partial charge in [0.1, 0.15) is 12.3 Å². The van der Waals surface area contributed by atoms with Gasteiger partial charge in [0, 0.05) is 47.9 Å². The maximum Gasteiger partial charge on any atom is 0.220 e. The topological polar surface area (TPSA) is 84.4 Å². The Bertz CT molecular complexity index is 898. The highest BCUT2D eigenvalue weighted by molar-refractivity contribution is 9.10. The molecule has 0 saturated heterocycles. The van der Waals surface area contributed by atoms with Gasteiger partial charge < -0.3 is 24.5 Å². The van der Waals surface area contributed by atoms with E-state index in [9.17, 15) is 0 Å². The van der Waals surface area contributed by atoms with Crippen LogP contribution in [-0.2, 0) is 16.0 Å². The summed E-state index contributed by atoms with van der Waals surface area (Å²) in [4.78, 5) is 8.50. The standard InChI is InChI=1S/C18H21BrN4O3/c1-24-6-5-23-11-14(13-9-12(19)3-4-15(13)23)17-16(26-8-7-25-2)10-21-18(20)22-17/h3-4,9-11H,5-8H2,1-2H3,(H2,20,21,22). The molecule has 0 radical (unpaired) electrons. The van der Waals surface area contributed by atoms with E-state index in [1.54, 1.807) is 20.4 Å². The summed E-state index contributed by atoms with van der Waals surface area (Å²) in [6.45, 7) is 2.23. The maximum atomic E-state index is 5.84. The minimum absolute atomic E-state index is 0.201. The quantitative estimate of drug-likeness (QED) is 0.563. The highest BCUT2D eigenvalue weighted by atomic mass is 79.9. The number of hydrogen-bond acceptors (Lipinski definition) is 6. The van der Waals surface area contributed by atoms with Gasteiger partial charge in [0.2, 0.25) is 5.95 Å². The van der Waals surface area contributed by atoms with E-state index in [0.717, 1.165) is 27.5 Å². The molecule has 2 heterocycles. The number of benzene rings is 1. The van der Waals surface area contributed by atoms with Crippen molar-refractivity contribution < 1.29 is 14.2 Å². The number of aromatic nitrogens is 3. The first kappa shape index (κ1) is 18.6. The van der Waals surface area contributed by atoms with Gasteiger partial charge in [0.15, 0.2) is 5.75 Å². The Labute approximate surface area is 160 Å². The zero-order chi connectivity index (χ0) is 18.5. The van der Waals surface area contributed by atoms with Crippen LogP contribution in [0.15, 0.2) is 35.1 Å². The molecule has 8 heteroatoms. The van der Waals surface area contributed by atoms with Crippen molar-refractivity contribution in [3.63, 3.8) is 0 Å². The summed E-state index contributed by atoms with van der Waals surface area (Å²) >= 11 is 3.55. The fourth-order valence-electron chi connectivity index (χ4n) is 2.75. The molecule has 3 rings (SSSR count). The minimum atomic E-state index is 0.201. The van der Waals surface area contributed by atoms with Crippen molar-refractivity contribution in [3.05, 3.63) is 35.1 Å². The first-order valence-electron chi connectivity index (χ1n) is 8.16. The van der Waals surface area contributed by atoms with Crippen LogP contribution in [0.3, 0.4) is 0 Å². The van der Waals surface area contributed by atoms with Gasteiger partial charge in [0.25, 0.3) is 0 Å². The largest absolute Gasteiger partial charge is 0.487 e. The summed E-state index contributed by atoms with van der Waals surface area (Å²) in [6.07, 6.45) is 3.64. The summed E-state index contributed by atoms with van der Waals surface area (Å²) < 4.78 is 19.2. The molecule has 2 aromatic heterocycles. The van der Waals surface area contributed by atoms with Crippen LogP contribution in [0.4, 0.5) is 5.95 Å². The number of nitrogens with two attached hydrogens (primary N) is 1. The van der Waals surface area contributed by atoms with Gasteiger partial charge in [-0.1, -0.05) is 15.9 Å². The third kappa shape index (κ3) is 3.98. The van der Waals surface area contributed by atoms with Gasteiger partial charge in [-0.05, 0) is 18.2 Å². The maximum absolute atomic E-state index is 5.84. The predicted molar refractivity (Wildman–Crippen MR) is 104 cm³/mol. The van der Waals surface area contributed by atoms with Crippen LogP contribution in [0.25, 0.3) is 22.2 Å². The Kier molecular flexibility index (Phi) is 6.08. The molecular weight excluding hydrogens is 400 g/mol. The fourth-order valence-corrected chi connectivity index (χ4v) is 3.11. The van der Waals surface area contributed by atoms with E-state index >= 15 is 0 Å². The van der Waals surface area contributed by atoms with Crippen molar-refractivity contribution in [2.45, 2.75) is 6.54 Å². The second kappa shape index (κ2) is 8.48. The fraction of sp³-hybridized carbons (Fsp3) is 0.333. The van der Waals surface area contributed by atoms with Gasteiger partial charge >= 0.3 is 0 Å². The molecule has 0 saturated carbocycles. The summed E-state index contributed by atoms with van der Waals surface area (Å²) in [5.41, 5.74) is 8.52. The molecule has 0 atom stereocenters. The molecular formula is C18H21BrN4O3. The van der Waals surface area contributed by atoms with E-state index in [2.05, 4.69) is 42.6 Å². The normalized spacial score (nSPS) is 11.2. The second-order valence-electron chi connectivity index (χ2n) is 5.67. The molecule has 0 spiro atoms. The highest BCUT2D eigenvalue weighted by Gasteiger charge is 2.17. The molecule has 0 unspecified atom stereocenters. The van der Waals surface area contributed by atoms with Crippen LogP contribution in [0.1, 0.15) is 0 Å². The van der Waals surface area contributed by atoms with Gasteiger partial charge in [-0.2, -0.15) is 0 Å². The van der Waals surface area contributed by atoms with Crippen molar-refractivity contribution in [3.8, 4) is 17.0 Å². The van der Waals surface area contributed by atoms with Crippen molar-refractivity contribution in [1.29, 1.82) is 0 Å². The molecule has 0 amide bonds. The number of anilines is 1. The Hall–Kier alpha value is -2.16. The molecule has 0 fully saturated rings. The summed E-state index contributed by atoms with van der Waals surface area (Å²) in [6, 6.07) is 6.14. The van der Waals surface area contributed by atoms with E-state index in [0.29, 0.717) is 31.3 Å². The lowest BCUT2D eigenvalue weighted by molar-refractivity contribution is 0.146. The number of hydrogen-bond donors (Lipinski definition) is 1.